The summed E-state index contributed by atoms with van der Waals surface area (Å²) in [6.07, 6.45) is 0. The van der Waals surface area contributed by atoms with Gasteiger partial charge in [0.05, 0.1) is 32.1 Å². The van der Waals surface area contributed by atoms with E-state index in [0.29, 0.717) is 34.7 Å². The third-order valence-corrected chi connectivity index (χ3v) is 5.95. The molecule has 0 saturated heterocycles. The number of hydrogen-bond acceptors (Lipinski definition) is 8. The summed E-state index contributed by atoms with van der Waals surface area (Å²) in [7, 11) is 4.95. The van der Waals surface area contributed by atoms with Crippen LogP contribution in [0.1, 0.15) is 10.4 Å². The minimum absolute atomic E-state index is 0.000391. The van der Waals surface area contributed by atoms with E-state index in [2.05, 4.69) is 16.3 Å². The van der Waals surface area contributed by atoms with E-state index in [9.17, 15) is 4.79 Å². The number of carbonyl (C=O) groups is 1. The highest BCUT2D eigenvalue weighted by Crippen LogP contribution is 2.33. The largest absolute Gasteiger partial charge is 0.497 e. The molecule has 2 heterocycles. The summed E-state index contributed by atoms with van der Waals surface area (Å²) in [5.74, 6) is 1.80. The van der Waals surface area contributed by atoms with Crippen molar-refractivity contribution in [3.63, 3.8) is 0 Å². The second-order valence-electron chi connectivity index (χ2n) is 6.00. The molecule has 1 amide bonds. The van der Waals surface area contributed by atoms with Gasteiger partial charge in [0.15, 0.2) is 0 Å². The number of carbonyl (C=O) groups excluding carboxylic acids is 1. The summed E-state index contributed by atoms with van der Waals surface area (Å²) >= 11 is 2.87. The Bertz CT molecular complexity index is 954. The molecule has 0 aliphatic carbocycles. The van der Waals surface area contributed by atoms with Crippen molar-refractivity contribution in [1.82, 2.24) is 15.1 Å². The normalized spacial score (nSPS) is 10.7. The van der Waals surface area contributed by atoms with Crippen LogP contribution in [-0.4, -0.2) is 48.0 Å². The Morgan fingerprint density at radius 2 is 2.07 bits per heavy atom. The van der Waals surface area contributed by atoms with Crippen LogP contribution in [0.25, 0.3) is 11.5 Å². The second-order valence-corrected chi connectivity index (χ2v) is 7.93. The van der Waals surface area contributed by atoms with Crippen LogP contribution >= 0.6 is 23.1 Å². The Kier molecular flexibility index (Phi) is 6.58. The van der Waals surface area contributed by atoms with Crippen LogP contribution in [0.5, 0.6) is 11.5 Å². The minimum Gasteiger partial charge on any atom is -0.497 e. The van der Waals surface area contributed by atoms with Gasteiger partial charge in [0.2, 0.25) is 5.91 Å². The lowest BCUT2D eigenvalue weighted by Crippen LogP contribution is -2.27. The molecule has 0 unspecified atom stereocenters. The van der Waals surface area contributed by atoms with E-state index in [0.717, 1.165) is 0 Å². The SMILES string of the molecule is COc1ccc(-c2nnc(SCC(=O)N(C)Cc3sccc3C)o2)c(OC)c1. The Balaban J connectivity index is 1.62. The van der Waals surface area contributed by atoms with Gasteiger partial charge in [-0.15, -0.1) is 21.5 Å². The van der Waals surface area contributed by atoms with E-state index in [4.69, 9.17) is 13.9 Å². The number of amides is 1. The number of methoxy groups -OCH3 is 2. The maximum atomic E-state index is 12.4. The fraction of sp³-hybridized carbons (Fsp3) is 0.316. The molecule has 28 heavy (non-hydrogen) atoms. The van der Waals surface area contributed by atoms with Crippen LogP contribution in [0.4, 0.5) is 0 Å². The zero-order valence-corrected chi connectivity index (χ0v) is 17.7. The topological polar surface area (TPSA) is 77.7 Å². The van der Waals surface area contributed by atoms with Gasteiger partial charge in [-0.2, -0.15) is 0 Å². The molecule has 0 atom stereocenters. The fourth-order valence-corrected chi connectivity index (χ4v) is 4.12. The number of aromatic nitrogens is 2. The summed E-state index contributed by atoms with van der Waals surface area (Å²) < 4.78 is 16.3. The van der Waals surface area contributed by atoms with Gasteiger partial charge in [0.25, 0.3) is 11.1 Å². The molecule has 3 rings (SSSR count). The van der Waals surface area contributed by atoms with E-state index in [1.807, 2.05) is 12.3 Å². The Hall–Kier alpha value is -2.52. The van der Waals surface area contributed by atoms with Crippen molar-refractivity contribution in [2.45, 2.75) is 18.7 Å². The monoisotopic (exact) mass is 419 g/mol. The van der Waals surface area contributed by atoms with E-state index in [-0.39, 0.29) is 11.7 Å². The highest BCUT2D eigenvalue weighted by Gasteiger charge is 2.17. The molecular formula is C19H21N3O4S2. The predicted molar refractivity (Wildman–Crippen MR) is 109 cm³/mol. The van der Waals surface area contributed by atoms with Crippen molar-refractivity contribution in [2.75, 3.05) is 27.0 Å². The number of nitrogens with zero attached hydrogens (tertiary/aromatic N) is 3. The number of benzene rings is 1. The molecule has 0 N–H and O–H groups in total. The molecule has 0 spiro atoms. The molecule has 0 bridgehead atoms. The Morgan fingerprint density at radius 3 is 2.75 bits per heavy atom. The third-order valence-electron chi connectivity index (χ3n) is 4.14. The lowest BCUT2D eigenvalue weighted by Gasteiger charge is -2.16. The number of ether oxygens (including phenoxy) is 2. The average molecular weight is 420 g/mol. The lowest BCUT2D eigenvalue weighted by molar-refractivity contribution is -0.127. The summed E-state index contributed by atoms with van der Waals surface area (Å²) in [4.78, 5) is 15.3. The molecule has 0 aliphatic rings. The standard InChI is InChI=1S/C19H21N3O4S2/c1-12-7-8-27-16(12)10-22(2)17(23)11-28-19-21-20-18(26-19)14-6-5-13(24-3)9-15(14)25-4/h5-9H,10-11H2,1-4H3. The first-order valence-electron chi connectivity index (χ1n) is 8.47. The van der Waals surface area contributed by atoms with Crippen LogP contribution in [0.2, 0.25) is 0 Å². The van der Waals surface area contributed by atoms with Gasteiger partial charge in [-0.1, -0.05) is 11.8 Å². The second kappa shape index (κ2) is 9.11. The van der Waals surface area contributed by atoms with Gasteiger partial charge in [-0.25, -0.2) is 0 Å². The fourth-order valence-electron chi connectivity index (χ4n) is 2.46. The molecule has 148 valence electrons. The molecule has 0 aliphatic heterocycles. The third kappa shape index (κ3) is 4.66. The first-order chi connectivity index (χ1) is 13.5. The lowest BCUT2D eigenvalue weighted by atomic mass is 10.2. The van der Waals surface area contributed by atoms with Gasteiger partial charge in [-0.3, -0.25) is 4.79 Å². The molecule has 3 aromatic rings. The van der Waals surface area contributed by atoms with Crippen LogP contribution in [0.15, 0.2) is 39.3 Å². The molecule has 0 fully saturated rings. The Morgan fingerprint density at radius 1 is 1.25 bits per heavy atom. The van der Waals surface area contributed by atoms with E-state index in [1.165, 1.54) is 22.2 Å². The number of aryl methyl sites for hydroxylation is 1. The molecular weight excluding hydrogens is 398 g/mol. The minimum atomic E-state index is -0.000391. The number of rotatable bonds is 8. The summed E-state index contributed by atoms with van der Waals surface area (Å²) in [5, 5.41) is 10.5. The van der Waals surface area contributed by atoms with Crippen molar-refractivity contribution in [2.24, 2.45) is 0 Å². The van der Waals surface area contributed by atoms with Crippen LogP contribution < -0.4 is 9.47 Å². The van der Waals surface area contributed by atoms with E-state index in [1.54, 1.807) is 55.7 Å². The van der Waals surface area contributed by atoms with Crippen molar-refractivity contribution >= 4 is 29.0 Å². The first-order valence-corrected chi connectivity index (χ1v) is 10.3. The molecule has 2 aromatic heterocycles. The van der Waals surface area contributed by atoms with Gasteiger partial charge in [-0.05, 0) is 36.1 Å². The molecule has 9 heteroatoms. The maximum absolute atomic E-state index is 12.4. The van der Waals surface area contributed by atoms with Gasteiger partial charge < -0.3 is 18.8 Å². The van der Waals surface area contributed by atoms with Crippen molar-refractivity contribution in [1.29, 1.82) is 0 Å². The van der Waals surface area contributed by atoms with Gasteiger partial charge in [0.1, 0.15) is 11.5 Å². The molecule has 0 radical (unpaired) electrons. The van der Waals surface area contributed by atoms with Crippen molar-refractivity contribution in [3.05, 3.63) is 40.1 Å². The van der Waals surface area contributed by atoms with E-state index < -0.39 is 0 Å². The number of hydrogen-bond donors (Lipinski definition) is 0. The number of thiophene rings is 1. The van der Waals surface area contributed by atoms with Gasteiger partial charge >= 0.3 is 0 Å². The smallest absolute Gasteiger partial charge is 0.277 e. The number of thioether (sulfide) groups is 1. The predicted octanol–water partition coefficient (Wildman–Crippen LogP) is 3.87. The summed E-state index contributed by atoms with van der Waals surface area (Å²) in [6, 6.07) is 7.39. The summed E-state index contributed by atoms with van der Waals surface area (Å²) in [5.41, 5.74) is 1.87. The quantitative estimate of drug-likeness (QED) is 0.513. The highest BCUT2D eigenvalue weighted by molar-refractivity contribution is 7.99. The van der Waals surface area contributed by atoms with Gasteiger partial charge in [0, 0.05) is 18.0 Å². The summed E-state index contributed by atoms with van der Waals surface area (Å²) in [6.45, 7) is 2.65. The highest BCUT2D eigenvalue weighted by atomic mass is 32.2. The molecule has 0 saturated carbocycles. The van der Waals surface area contributed by atoms with Crippen molar-refractivity contribution < 1.29 is 18.7 Å². The first kappa shape index (κ1) is 20.2. The van der Waals surface area contributed by atoms with Crippen LogP contribution in [0.3, 0.4) is 0 Å². The zero-order chi connectivity index (χ0) is 20.1. The van der Waals surface area contributed by atoms with Crippen LogP contribution in [0, 0.1) is 6.92 Å². The van der Waals surface area contributed by atoms with E-state index >= 15 is 0 Å². The molecule has 1 aromatic carbocycles. The zero-order valence-electron chi connectivity index (χ0n) is 16.1. The van der Waals surface area contributed by atoms with Crippen molar-refractivity contribution in [3.8, 4) is 23.0 Å². The molecule has 7 nitrogen and oxygen atoms in total. The maximum Gasteiger partial charge on any atom is 0.277 e. The van der Waals surface area contributed by atoms with Crippen LogP contribution in [-0.2, 0) is 11.3 Å². The average Bonchev–Trinajstić information content (AvgIpc) is 3.34. The Labute approximate surface area is 171 Å².